The lowest BCUT2D eigenvalue weighted by Gasteiger charge is -2.32. The Morgan fingerprint density at radius 2 is 1.58 bits per heavy atom. The molecule has 8 heteroatoms. The van der Waals surface area contributed by atoms with Gasteiger partial charge < -0.3 is 15.7 Å². The van der Waals surface area contributed by atoms with E-state index in [1.807, 2.05) is 54.6 Å². The van der Waals surface area contributed by atoms with Crippen molar-refractivity contribution in [2.75, 3.05) is 0 Å². The zero-order valence-electron chi connectivity index (χ0n) is 20.7. The first kappa shape index (κ1) is 24.7. The number of benzene rings is 4. The number of carboxylic acids is 1. The van der Waals surface area contributed by atoms with E-state index < -0.39 is 23.4 Å². The van der Waals surface area contributed by atoms with Crippen LogP contribution in [0.5, 0.6) is 0 Å². The number of carboxylic acid groups (broad SMARTS) is 1. The predicted octanol–water partition coefficient (Wildman–Crippen LogP) is 4.70. The summed E-state index contributed by atoms with van der Waals surface area (Å²) in [7, 11) is 0. The molecule has 4 N–H and O–H groups in total. The predicted molar refractivity (Wildman–Crippen MR) is 144 cm³/mol. The number of nitrogens with zero attached hydrogens (tertiary/aromatic N) is 2. The zero-order valence-corrected chi connectivity index (χ0v) is 20.7. The Morgan fingerprint density at radius 1 is 0.842 bits per heavy atom. The molecule has 0 aliphatic carbocycles. The van der Waals surface area contributed by atoms with Crippen molar-refractivity contribution in [2.45, 2.75) is 25.6 Å². The molecular weight excluding hydrogens is 480 g/mol. The first-order valence-corrected chi connectivity index (χ1v) is 12.1. The lowest BCUT2D eigenvalue weighted by atomic mass is 9.88. The molecule has 0 aromatic heterocycles. The van der Waals surface area contributed by atoms with E-state index in [-0.39, 0.29) is 24.5 Å². The zero-order chi connectivity index (χ0) is 27.0. The standard InChI is InChI=1S/C30H26N4O4/c1-30(25-9-5-8-23(16-25)27(35)36)28(37)33(29(38)34(30)18-19-6-3-2-4-7-19)17-20-10-11-21-12-13-22(26(31)32)15-24(21)14-20/h2-16H,17-18H2,1H3,(H3,31,32)(H,35,36). The highest BCUT2D eigenvalue weighted by atomic mass is 16.4. The van der Waals surface area contributed by atoms with E-state index in [0.29, 0.717) is 11.1 Å². The number of amides is 3. The number of nitrogens with one attached hydrogen (secondary N) is 1. The monoisotopic (exact) mass is 506 g/mol. The maximum absolute atomic E-state index is 14.0. The summed E-state index contributed by atoms with van der Waals surface area (Å²) in [6.07, 6.45) is 0. The van der Waals surface area contributed by atoms with Crippen molar-refractivity contribution in [2.24, 2.45) is 5.73 Å². The van der Waals surface area contributed by atoms with Crippen molar-refractivity contribution in [1.82, 2.24) is 9.80 Å². The second-order valence-corrected chi connectivity index (χ2v) is 9.51. The quantitative estimate of drug-likeness (QED) is 0.190. The lowest BCUT2D eigenvalue weighted by molar-refractivity contribution is -0.133. The number of nitrogen functional groups attached to an aromatic ring is 1. The summed E-state index contributed by atoms with van der Waals surface area (Å²) in [5.41, 5.74) is 6.88. The maximum atomic E-state index is 14.0. The van der Waals surface area contributed by atoms with Crippen LogP contribution in [-0.2, 0) is 23.4 Å². The third-order valence-electron chi connectivity index (χ3n) is 7.07. The van der Waals surface area contributed by atoms with E-state index in [0.717, 1.165) is 21.9 Å². The second-order valence-electron chi connectivity index (χ2n) is 9.51. The molecule has 1 aliphatic heterocycles. The molecule has 1 saturated heterocycles. The topological polar surface area (TPSA) is 128 Å². The summed E-state index contributed by atoms with van der Waals surface area (Å²) in [6.45, 7) is 1.88. The van der Waals surface area contributed by atoms with Crippen LogP contribution in [0.3, 0.4) is 0 Å². The fraction of sp³-hybridized carbons (Fsp3) is 0.133. The molecule has 8 nitrogen and oxygen atoms in total. The second kappa shape index (κ2) is 9.48. The van der Waals surface area contributed by atoms with Crippen LogP contribution < -0.4 is 5.73 Å². The van der Waals surface area contributed by atoms with Crippen LogP contribution in [0.15, 0.2) is 91.0 Å². The minimum atomic E-state index is -1.41. The first-order chi connectivity index (χ1) is 18.2. The minimum Gasteiger partial charge on any atom is -0.478 e. The van der Waals surface area contributed by atoms with Crippen molar-refractivity contribution in [1.29, 1.82) is 5.41 Å². The van der Waals surface area contributed by atoms with Crippen LogP contribution in [0.1, 0.15) is 39.5 Å². The molecule has 38 heavy (non-hydrogen) atoms. The molecule has 0 spiro atoms. The minimum absolute atomic E-state index is 0.0391. The summed E-state index contributed by atoms with van der Waals surface area (Å²) < 4.78 is 0. The van der Waals surface area contributed by atoms with Crippen LogP contribution in [0.4, 0.5) is 4.79 Å². The van der Waals surface area contributed by atoms with E-state index in [2.05, 4.69) is 0 Å². The number of amidine groups is 1. The van der Waals surface area contributed by atoms with Crippen molar-refractivity contribution >= 4 is 34.5 Å². The Balaban J connectivity index is 1.55. The highest BCUT2D eigenvalue weighted by molar-refractivity contribution is 6.07. The van der Waals surface area contributed by atoms with Gasteiger partial charge in [-0.15, -0.1) is 0 Å². The van der Waals surface area contributed by atoms with Crippen LogP contribution in [0, 0.1) is 5.41 Å². The number of urea groups is 1. The molecule has 1 fully saturated rings. The molecule has 3 amide bonds. The number of fused-ring (bicyclic) bond motifs is 1. The number of imide groups is 1. The van der Waals surface area contributed by atoms with Crippen LogP contribution in [0.25, 0.3) is 10.8 Å². The average molecular weight is 507 g/mol. The van der Waals surface area contributed by atoms with Crippen LogP contribution in [-0.4, -0.2) is 38.6 Å². The number of hydrogen-bond acceptors (Lipinski definition) is 4. The van der Waals surface area contributed by atoms with Crippen molar-refractivity contribution in [3.8, 4) is 0 Å². The molecule has 190 valence electrons. The lowest BCUT2D eigenvalue weighted by Crippen LogP contribution is -2.44. The molecule has 1 unspecified atom stereocenters. The number of carbonyl (C=O) groups is 3. The molecule has 0 saturated carbocycles. The van der Waals surface area contributed by atoms with Crippen molar-refractivity contribution < 1.29 is 19.5 Å². The van der Waals surface area contributed by atoms with Gasteiger partial charge in [0, 0.05) is 12.1 Å². The van der Waals surface area contributed by atoms with Gasteiger partial charge in [-0.25, -0.2) is 9.59 Å². The van der Waals surface area contributed by atoms with Crippen LogP contribution >= 0.6 is 0 Å². The Labute approximate surface area is 219 Å². The Kier molecular flexibility index (Phi) is 6.16. The molecule has 5 rings (SSSR count). The number of rotatable bonds is 7. The summed E-state index contributed by atoms with van der Waals surface area (Å²) in [4.78, 5) is 42.2. The van der Waals surface area contributed by atoms with E-state index in [4.69, 9.17) is 11.1 Å². The number of hydrogen-bond donors (Lipinski definition) is 3. The fourth-order valence-electron chi connectivity index (χ4n) is 4.91. The molecule has 4 aromatic rings. The van der Waals surface area contributed by atoms with Gasteiger partial charge in [0.25, 0.3) is 5.91 Å². The van der Waals surface area contributed by atoms with E-state index in [9.17, 15) is 19.5 Å². The summed E-state index contributed by atoms with van der Waals surface area (Å²) >= 11 is 0. The first-order valence-electron chi connectivity index (χ1n) is 12.1. The average Bonchev–Trinajstić information content (AvgIpc) is 3.10. The van der Waals surface area contributed by atoms with Crippen molar-refractivity contribution in [3.05, 3.63) is 119 Å². The number of aromatic carboxylic acids is 1. The van der Waals surface area contributed by atoms with Crippen LogP contribution in [0.2, 0.25) is 0 Å². The highest BCUT2D eigenvalue weighted by Gasteiger charge is 2.55. The summed E-state index contributed by atoms with van der Waals surface area (Å²) in [6, 6.07) is 26.2. The highest BCUT2D eigenvalue weighted by Crippen LogP contribution is 2.39. The maximum Gasteiger partial charge on any atom is 0.335 e. The van der Waals surface area contributed by atoms with Gasteiger partial charge in [-0.1, -0.05) is 66.7 Å². The number of nitrogens with two attached hydrogens (primary N) is 1. The largest absolute Gasteiger partial charge is 0.478 e. The van der Waals surface area contributed by atoms with Gasteiger partial charge in [0.15, 0.2) is 0 Å². The molecular formula is C30H26N4O4. The molecule has 1 aliphatic rings. The molecule has 4 aromatic carbocycles. The third-order valence-corrected chi connectivity index (χ3v) is 7.07. The summed E-state index contributed by atoms with van der Waals surface area (Å²) in [5, 5.41) is 19.0. The van der Waals surface area contributed by atoms with Gasteiger partial charge in [-0.3, -0.25) is 15.1 Å². The van der Waals surface area contributed by atoms with Gasteiger partial charge in [-0.2, -0.15) is 0 Å². The molecule has 0 bridgehead atoms. The SMILES string of the molecule is CC1(c2cccc(C(=O)O)c2)C(=O)N(Cc2ccc3ccc(C(=N)N)cc3c2)C(=O)N1Cc1ccccc1. The Bertz CT molecular complexity index is 1600. The fourth-order valence-corrected chi connectivity index (χ4v) is 4.91. The van der Waals surface area contributed by atoms with Gasteiger partial charge >= 0.3 is 12.0 Å². The summed E-state index contributed by atoms with van der Waals surface area (Å²) in [5.74, 6) is -1.59. The van der Waals surface area contributed by atoms with E-state index >= 15 is 0 Å². The van der Waals surface area contributed by atoms with E-state index in [1.54, 1.807) is 31.2 Å². The Hall–Kier alpha value is -4.98. The third kappa shape index (κ3) is 4.26. The van der Waals surface area contributed by atoms with Gasteiger partial charge in [0.05, 0.1) is 12.1 Å². The van der Waals surface area contributed by atoms with Gasteiger partial charge in [-0.05, 0) is 58.7 Å². The van der Waals surface area contributed by atoms with E-state index in [1.165, 1.54) is 21.9 Å². The Morgan fingerprint density at radius 3 is 2.29 bits per heavy atom. The molecule has 1 heterocycles. The van der Waals surface area contributed by atoms with Crippen molar-refractivity contribution in [3.63, 3.8) is 0 Å². The molecule has 1 atom stereocenters. The normalized spacial score (nSPS) is 17.3. The van der Waals surface area contributed by atoms with Gasteiger partial charge in [0.1, 0.15) is 11.4 Å². The number of carbonyl (C=O) groups excluding carboxylic acids is 2. The molecule has 0 radical (unpaired) electrons. The smallest absolute Gasteiger partial charge is 0.335 e. The van der Waals surface area contributed by atoms with Gasteiger partial charge in [0.2, 0.25) is 0 Å².